The summed E-state index contributed by atoms with van der Waals surface area (Å²) in [4.78, 5) is 4.20. The van der Waals surface area contributed by atoms with Gasteiger partial charge in [-0.1, -0.05) is 19.6 Å². The van der Waals surface area contributed by atoms with Gasteiger partial charge in [0.05, 0.1) is 0 Å². The van der Waals surface area contributed by atoms with E-state index in [-0.39, 0.29) is 0 Å². The van der Waals surface area contributed by atoms with Gasteiger partial charge in [0, 0.05) is 7.05 Å². The number of nitrogens with zero attached hydrogens (tertiary/aromatic N) is 3. The summed E-state index contributed by atoms with van der Waals surface area (Å²) in [5, 5.41) is 4.02. The SMILES string of the molecule is Cn1ncnc1[Si](C)(C)C. The summed E-state index contributed by atoms with van der Waals surface area (Å²) in [5.74, 6) is 0. The molecule has 10 heavy (non-hydrogen) atoms. The highest BCUT2D eigenvalue weighted by molar-refractivity contribution is 6.87. The molecule has 0 saturated heterocycles. The van der Waals surface area contributed by atoms with Crippen LogP contribution in [0.1, 0.15) is 0 Å². The molecule has 4 heteroatoms. The van der Waals surface area contributed by atoms with Crippen molar-refractivity contribution in [1.82, 2.24) is 14.8 Å². The molecule has 3 nitrogen and oxygen atoms in total. The Morgan fingerprint density at radius 3 is 2.20 bits per heavy atom. The summed E-state index contributed by atoms with van der Waals surface area (Å²) in [6, 6.07) is 0. The molecule has 56 valence electrons. The zero-order valence-electron chi connectivity index (χ0n) is 6.92. The molecule has 0 aliphatic heterocycles. The van der Waals surface area contributed by atoms with Crippen LogP contribution in [0.25, 0.3) is 0 Å². The van der Waals surface area contributed by atoms with Gasteiger partial charge in [0.2, 0.25) is 0 Å². The van der Waals surface area contributed by atoms with Gasteiger partial charge in [0.15, 0.2) is 0 Å². The third-order valence-corrected chi connectivity index (χ3v) is 3.18. The van der Waals surface area contributed by atoms with E-state index in [0.29, 0.717) is 0 Å². The highest BCUT2D eigenvalue weighted by Crippen LogP contribution is 1.97. The highest BCUT2D eigenvalue weighted by Gasteiger charge is 2.21. The minimum Gasteiger partial charge on any atom is -0.258 e. The molecule has 0 aliphatic rings. The predicted octanol–water partition coefficient (Wildman–Crippen LogP) is 0.360. The first kappa shape index (κ1) is 7.46. The molecule has 0 unspecified atom stereocenters. The Labute approximate surface area is 62.1 Å². The van der Waals surface area contributed by atoms with E-state index >= 15 is 0 Å². The van der Waals surface area contributed by atoms with E-state index in [4.69, 9.17) is 0 Å². The minimum absolute atomic E-state index is 1.16. The van der Waals surface area contributed by atoms with Crippen LogP contribution >= 0.6 is 0 Å². The van der Waals surface area contributed by atoms with Gasteiger partial charge in [-0.25, -0.2) is 4.98 Å². The second-order valence-electron chi connectivity index (χ2n) is 3.46. The largest absolute Gasteiger partial charge is 0.258 e. The van der Waals surface area contributed by atoms with Crippen molar-refractivity contribution in [3.63, 3.8) is 0 Å². The van der Waals surface area contributed by atoms with Crippen molar-refractivity contribution in [3.8, 4) is 0 Å². The van der Waals surface area contributed by atoms with Crippen LogP contribution in [0.15, 0.2) is 6.33 Å². The van der Waals surface area contributed by atoms with E-state index in [1.807, 2.05) is 11.7 Å². The van der Waals surface area contributed by atoms with Gasteiger partial charge in [-0.05, 0) is 0 Å². The molecule has 0 aliphatic carbocycles. The molecule has 0 bridgehead atoms. The van der Waals surface area contributed by atoms with Crippen molar-refractivity contribution in [2.75, 3.05) is 0 Å². The van der Waals surface area contributed by atoms with E-state index in [1.54, 1.807) is 6.33 Å². The first-order valence-corrected chi connectivity index (χ1v) is 6.86. The summed E-state index contributed by atoms with van der Waals surface area (Å²) in [6.45, 7) is 6.78. The zero-order valence-corrected chi connectivity index (χ0v) is 7.92. The molecule has 0 spiro atoms. The number of hydrogen-bond donors (Lipinski definition) is 0. The van der Waals surface area contributed by atoms with Crippen LogP contribution in [-0.4, -0.2) is 22.8 Å². The van der Waals surface area contributed by atoms with E-state index in [0.717, 1.165) is 5.45 Å². The Balaban J connectivity index is 3.05. The Morgan fingerprint density at radius 1 is 1.40 bits per heavy atom. The molecule has 0 aromatic carbocycles. The van der Waals surface area contributed by atoms with Gasteiger partial charge in [-0.15, -0.1) is 0 Å². The highest BCUT2D eigenvalue weighted by atomic mass is 28.3. The number of aryl methyl sites for hydroxylation is 1. The molecular weight excluding hydrogens is 142 g/mol. The predicted molar refractivity (Wildman–Crippen MR) is 44.0 cm³/mol. The Bertz CT molecular complexity index is 223. The van der Waals surface area contributed by atoms with Crippen LogP contribution < -0.4 is 5.45 Å². The maximum absolute atomic E-state index is 4.20. The van der Waals surface area contributed by atoms with Crippen LogP contribution in [0, 0.1) is 0 Å². The molecule has 0 atom stereocenters. The van der Waals surface area contributed by atoms with E-state index in [9.17, 15) is 0 Å². The summed E-state index contributed by atoms with van der Waals surface area (Å²) < 4.78 is 1.87. The minimum atomic E-state index is -1.24. The molecule has 0 fully saturated rings. The smallest absolute Gasteiger partial charge is 0.137 e. The molecule has 0 N–H and O–H groups in total. The normalized spacial score (nSPS) is 12.0. The summed E-state index contributed by atoms with van der Waals surface area (Å²) >= 11 is 0. The van der Waals surface area contributed by atoms with Crippen molar-refractivity contribution in [1.29, 1.82) is 0 Å². The van der Waals surface area contributed by atoms with E-state index < -0.39 is 8.07 Å². The average Bonchev–Trinajstić information content (AvgIpc) is 2.11. The number of hydrogen-bond acceptors (Lipinski definition) is 2. The maximum atomic E-state index is 4.20. The van der Waals surface area contributed by atoms with Gasteiger partial charge in [-0.3, -0.25) is 4.68 Å². The van der Waals surface area contributed by atoms with Crippen LogP contribution in [0.2, 0.25) is 19.6 Å². The lowest BCUT2D eigenvalue weighted by atomic mass is 11.2. The molecule has 0 amide bonds. The monoisotopic (exact) mass is 155 g/mol. The molecule has 1 aromatic rings. The van der Waals surface area contributed by atoms with Crippen molar-refractivity contribution < 1.29 is 0 Å². The van der Waals surface area contributed by atoms with Gasteiger partial charge < -0.3 is 0 Å². The fourth-order valence-corrected chi connectivity index (χ4v) is 2.45. The van der Waals surface area contributed by atoms with Crippen molar-refractivity contribution in [2.24, 2.45) is 7.05 Å². The third-order valence-electron chi connectivity index (χ3n) is 1.38. The van der Waals surface area contributed by atoms with Crippen molar-refractivity contribution in [3.05, 3.63) is 6.33 Å². The first-order valence-electron chi connectivity index (χ1n) is 3.36. The van der Waals surface area contributed by atoms with Crippen LogP contribution in [0.3, 0.4) is 0 Å². The summed E-state index contributed by atoms with van der Waals surface area (Å²) in [5.41, 5.74) is 1.16. The summed E-state index contributed by atoms with van der Waals surface area (Å²) in [7, 11) is 0.709. The van der Waals surface area contributed by atoms with Gasteiger partial charge in [0.1, 0.15) is 19.8 Å². The average molecular weight is 155 g/mol. The van der Waals surface area contributed by atoms with Crippen LogP contribution in [0.4, 0.5) is 0 Å². The first-order chi connectivity index (χ1) is 4.52. The van der Waals surface area contributed by atoms with E-state index in [1.165, 1.54) is 0 Å². The summed E-state index contributed by atoms with van der Waals surface area (Å²) in [6.07, 6.45) is 1.62. The molecule has 1 rings (SSSR count). The Morgan fingerprint density at radius 2 is 2.00 bits per heavy atom. The van der Waals surface area contributed by atoms with Crippen molar-refractivity contribution >= 4 is 13.5 Å². The topological polar surface area (TPSA) is 30.7 Å². The standard InChI is InChI=1S/C6H13N3Si/c1-9-6(7-5-8-9)10(2,3)4/h5H,1-4H3. The fraction of sp³-hybridized carbons (Fsp3) is 0.667. The van der Waals surface area contributed by atoms with Gasteiger partial charge >= 0.3 is 0 Å². The number of aromatic nitrogens is 3. The second kappa shape index (κ2) is 2.19. The lowest BCUT2D eigenvalue weighted by Gasteiger charge is -2.13. The molecular formula is C6H13N3Si. The zero-order chi connectivity index (χ0) is 7.78. The quantitative estimate of drug-likeness (QED) is 0.548. The lowest BCUT2D eigenvalue weighted by molar-refractivity contribution is 0.785. The van der Waals surface area contributed by atoms with E-state index in [2.05, 4.69) is 29.7 Å². The molecule has 1 aromatic heterocycles. The molecule has 0 saturated carbocycles. The van der Waals surface area contributed by atoms with Crippen molar-refractivity contribution in [2.45, 2.75) is 19.6 Å². The second-order valence-corrected chi connectivity index (χ2v) is 8.40. The molecule has 0 radical (unpaired) electrons. The maximum Gasteiger partial charge on any atom is 0.137 e. The third kappa shape index (κ3) is 1.26. The van der Waals surface area contributed by atoms with Crippen LogP contribution in [-0.2, 0) is 7.05 Å². The van der Waals surface area contributed by atoms with Crippen LogP contribution in [0.5, 0.6) is 0 Å². The number of rotatable bonds is 1. The Kier molecular flexibility index (Phi) is 1.64. The molecule has 1 heterocycles. The Hall–Kier alpha value is -0.643. The van der Waals surface area contributed by atoms with Gasteiger partial charge in [0.25, 0.3) is 0 Å². The lowest BCUT2D eigenvalue weighted by Crippen LogP contribution is -2.44. The van der Waals surface area contributed by atoms with Gasteiger partial charge in [-0.2, -0.15) is 5.10 Å². The fourth-order valence-electron chi connectivity index (χ4n) is 0.975.